The van der Waals surface area contributed by atoms with Crippen molar-refractivity contribution in [3.05, 3.63) is 12.7 Å². The van der Waals surface area contributed by atoms with E-state index in [1.165, 1.54) is 0 Å². The van der Waals surface area contributed by atoms with Crippen LogP contribution in [0.2, 0.25) is 0 Å². The third kappa shape index (κ3) is 7.29. The molecule has 0 aliphatic carbocycles. The van der Waals surface area contributed by atoms with Crippen LogP contribution >= 0.6 is 0 Å². The average molecular weight is 229 g/mol. The smallest absolute Gasteiger partial charge is 0.407 e. The first-order valence-electron chi connectivity index (χ1n) is 5.53. The molecule has 0 aromatic carbocycles. The molecule has 0 aliphatic heterocycles. The summed E-state index contributed by atoms with van der Waals surface area (Å²) in [7, 11) is 0. The number of aliphatic hydroxyl groups is 1. The largest absolute Gasteiger partial charge is 0.444 e. The first-order valence-corrected chi connectivity index (χ1v) is 5.53. The van der Waals surface area contributed by atoms with Crippen molar-refractivity contribution in [3.63, 3.8) is 0 Å². The van der Waals surface area contributed by atoms with Crippen molar-refractivity contribution in [3.8, 4) is 0 Å². The van der Waals surface area contributed by atoms with E-state index in [0.717, 1.165) is 0 Å². The van der Waals surface area contributed by atoms with Crippen LogP contribution in [0, 0.1) is 5.92 Å². The summed E-state index contributed by atoms with van der Waals surface area (Å²) in [4.78, 5) is 11.2. The first-order chi connectivity index (χ1) is 7.26. The average Bonchev–Trinajstić information content (AvgIpc) is 2.13. The Morgan fingerprint density at radius 1 is 1.56 bits per heavy atom. The zero-order valence-electron chi connectivity index (χ0n) is 10.6. The fraction of sp³-hybridized carbons (Fsp3) is 0.750. The maximum atomic E-state index is 11.2. The lowest BCUT2D eigenvalue weighted by atomic mass is 10.0. The molecule has 0 heterocycles. The molecule has 0 aromatic rings. The Morgan fingerprint density at radius 3 is 2.56 bits per heavy atom. The minimum Gasteiger partial charge on any atom is -0.444 e. The van der Waals surface area contributed by atoms with Crippen molar-refractivity contribution < 1.29 is 14.6 Å². The van der Waals surface area contributed by atoms with E-state index in [-0.39, 0.29) is 5.92 Å². The van der Waals surface area contributed by atoms with Crippen LogP contribution in [0.15, 0.2) is 12.7 Å². The van der Waals surface area contributed by atoms with E-state index in [0.29, 0.717) is 13.0 Å². The molecule has 0 unspecified atom stereocenters. The number of ether oxygens (including phenoxy) is 1. The van der Waals surface area contributed by atoms with E-state index in [2.05, 4.69) is 11.9 Å². The van der Waals surface area contributed by atoms with E-state index in [9.17, 15) is 9.90 Å². The number of carbonyl (C=O) groups excluding carboxylic acids is 1. The molecule has 0 rings (SSSR count). The highest BCUT2D eigenvalue weighted by molar-refractivity contribution is 5.67. The van der Waals surface area contributed by atoms with Crippen LogP contribution < -0.4 is 5.32 Å². The molecule has 0 saturated heterocycles. The highest BCUT2D eigenvalue weighted by atomic mass is 16.6. The number of amides is 1. The van der Waals surface area contributed by atoms with E-state index in [4.69, 9.17) is 4.74 Å². The Kier molecular flexibility index (Phi) is 6.11. The Balaban J connectivity index is 3.74. The van der Waals surface area contributed by atoms with Crippen molar-refractivity contribution in [1.29, 1.82) is 0 Å². The normalized spacial score (nSPS) is 15.1. The van der Waals surface area contributed by atoms with Gasteiger partial charge < -0.3 is 15.2 Å². The second-order valence-corrected chi connectivity index (χ2v) is 4.88. The molecular formula is C12H23NO3. The van der Waals surface area contributed by atoms with Crippen molar-refractivity contribution in [2.75, 3.05) is 6.54 Å². The molecule has 2 N–H and O–H groups in total. The molecule has 4 nitrogen and oxygen atoms in total. The molecule has 0 fully saturated rings. The molecule has 0 radical (unpaired) electrons. The van der Waals surface area contributed by atoms with E-state index < -0.39 is 17.8 Å². The molecule has 0 saturated carbocycles. The number of rotatable bonds is 5. The molecule has 4 heteroatoms. The maximum absolute atomic E-state index is 11.2. The van der Waals surface area contributed by atoms with Gasteiger partial charge >= 0.3 is 6.09 Å². The van der Waals surface area contributed by atoms with Gasteiger partial charge in [0.2, 0.25) is 0 Å². The summed E-state index contributed by atoms with van der Waals surface area (Å²) < 4.78 is 5.05. The summed E-state index contributed by atoms with van der Waals surface area (Å²) in [6, 6.07) is 0. The summed E-state index contributed by atoms with van der Waals surface area (Å²) in [5.74, 6) is 0.0282. The molecule has 2 atom stereocenters. The van der Waals surface area contributed by atoms with Gasteiger partial charge in [-0.15, -0.1) is 6.58 Å². The highest BCUT2D eigenvalue weighted by Gasteiger charge is 2.16. The standard InChI is InChI=1S/C12H23NO3/c1-6-9(2)10(14)7-8-13-11(15)16-12(3,4)5/h6,9-10,14H,1,7-8H2,2-5H3,(H,13,15)/t9-,10+/m0/s1. The number of carbonyl (C=O) groups is 1. The SMILES string of the molecule is C=C[C@H](C)[C@H](O)CCNC(=O)OC(C)(C)C. The second-order valence-electron chi connectivity index (χ2n) is 4.88. The minimum absolute atomic E-state index is 0.0282. The van der Waals surface area contributed by atoms with Crippen molar-refractivity contribution in [2.24, 2.45) is 5.92 Å². The van der Waals surface area contributed by atoms with Crippen molar-refractivity contribution in [2.45, 2.75) is 45.8 Å². The second kappa shape index (κ2) is 6.53. The summed E-state index contributed by atoms with van der Waals surface area (Å²) in [6.45, 7) is 11.3. The zero-order valence-corrected chi connectivity index (χ0v) is 10.6. The van der Waals surface area contributed by atoms with Gasteiger partial charge in [0.15, 0.2) is 0 Å². The molecule has 0 aromatic heterocycles. The zero-order chi connectivity index (χ0) is 12.8. The van der Waals surface area contributed by atoms with Crippen LogP contribution in [0.4, 0.5) is 4.79 Å². The van der Waals surface area contributed by atoms with Gasteiger partial charge in [0.25, 0.3) is 0 Å². The van der Waals surface area contributed by atoms with Crippen LogP contribution in [-0.4, -0.2) is 29.4 Å². The van der Waals surface area contributed by atoms with E-state index >= 15 is 0 Å². The Morgan fingerprint density at radius 2 is 2.12 bits per heavy atom. The monoisotopic (exact) mass is 229 g/mol. The maximum Gasteiger partial charge on any atom is 0.407 e. The van der Waals surface area contributed by atoms with Crippen molar-refractivity contribution in [1.82, 2.24) is 5.32 Å². The van der Waals surface area contributed by atoms with Gasteiger partial charge in [-0.25, -0.2) is 4.79 Å². The highest BCUT2D eigenvalue weighted by Crippen LogP contribution is 2.08. The van der Waals surface area contributed by atoms with Gasteiger partial charge in [0.1, 0.15) is 5.60 Å². The molecule has 0 bridgehead atoms. The minimum atomic E-state index is -0.489. The lowest BCUT2D eigenvalue weighted by Gasteiger charge is -2.20. The van der Waals surface area contributed by atoms with Crippen LogP contribution in [0.1, 0.15) is 34.1 Å². The van der Waals surface area contributed by atoms with Crippen LogP contribution in [-0.2, 0) is 4.74 Å². The van der Waals surface area contributed by atoms with Crippen molar-refractivity contribution >= 4 is 6.09 Å². The van der Waals surface area contributed by atoms with Crippen LogP contribution in [0.25, 0.3) is 0 Å². The number of hydrogen-bond acceptors (Lipinski definition) is 3. The van der Waals surface area contributed by atoms with E-state index in [1.807, 2.05) is 6.92 Å². The van der Waals surface area contributed by atoms with Gasteiger partial charge in [-0.3, -0.25) is 0 Å². The Hall–Kier alpha value is -1.03. The van der Waals surface area contributed by atoms with Crippen LogP contribution in [0.5, 0.6) is 0 Å². The molecule has 1 amide bonds. The number of nitrogens with one attached hydrogen (secondary N) is 1. The molecule has 0 aliphatic rings. The lowest BCUT2D eigenvalue weighted by Crippen LogP contribution is -2.34. The summed E-state index contributed by atoms with van der Waals surface area (Å²) in [6.07, 6.45) is 1.25. The predicted molar refractivity (Wildman–Crippen MR) is 64.2 cm³/mol. The summed E-state index contributed by atoms with van der Waals surface area (Å²) in [5.41, 5.74) is -0.489. The fourth-order valence-electron chi connectivity index (χ4n) is 1.06. The number of alkyl carbamates (subject to hydrolysis) is 1. The predicted octanol–water partition coefficient (Wildman–Crippen LogP) is 2.08. The molecule has 94 valence electrons. The first kappa shape index (κ1) is 15.0. The van der Waals surface area contributed by atoms with Gasteiger partial charge in [0, 0.05) is 6.54 Å². The molecular weight excluding hydrogens is 206 g/mol. The van der Waals surface area contributed by atoms with Gasteiger partial charge in [-0.05, 0) is 33.1 Å². The lowest BCUT2D eigenvalue weighted by molar-refractivity contribution is 0.0513. The third-order valence-corrected chi connectivity index (χ3v) is 2.09. The number of hydrogen-bond donors (Lipinski definition) is 2. The molecule has 16 heavy (non-hydrogen) atoms. The van der Waals surface area contributed by atoms with Crippen LogP contribution in [0.3, 0.4) is 0 Å². The Bertz CT molecular complexity index is 233. The van der Waals surface area contributed by atoms with Gasteiger partial charge in [-0.1, -0.05) is 13.0 Å². The topological polar surface area (TPSA) is 58.6 Å². The molecule has 0 spiro atoms. The summed E-state index contributed by atoms with van der Waals surface area (Å²) in [5, 5.41) is 12.2. The van der Waals surface area contributed by atoms with E-state index in [1.54, 1.807) is 26.8 Å². The Labute approximate surface area is 97.7 Å². The third-order valence-electron chi connectivity index (χ3n) is 2.09. The summed E-state index contributed by atoms with van der Waals surface area (Å²) >= 11 is 0. The number of aliphatic hydroxyl groups excluding tert-OH is 1. The van der Waals surface area contributed by atoms with Gasteiger partial charge in [0.05, 0.1) is 6.10 Å². The quantitative estimate of drug-likeness (QED) is 0.710. The van der Waals surface area contributed by atoms with Gasteiger partial charge in [-0.2, -0.15) is 0 Å². The fourth-order valence-corrected chi connectivity index (χ4v) is 1.06.